The molecule has 3 unspecified atom stereocenters. The predicted molar refractivity (Wildman–Crippen MR) is 30.9 cm³/mol. The van der Waals surface area contributed by atoms with Gasteiger partial charge in [0.05, 0.1) is 0 Å². The normalized spacial score (nSPS) is 35.8. The van der Waals surface area contributed by atoms with Crippen molar-refractivity contribution < 1.29 is 15.0 Å². The van der Waals surface area contributed by atoms with E-state index in [-0.39, 0.29) is 5.92 Å². The van der Waals surface area contributed by atoms with E-state index in [1.54, 1.807) is 0 Å². The fraction of sp³-hybridized carbons (Fsp3) is 0.833. The van der Waals surface area contributed by atoms with Crippen LogP contribution >= 0.6 is 0 Å². The Balaban J connectivity index is 2.36. The van der Waals surface area contributed by atoms with Crippen molar-refractivity contribution in [3.05, 3.63) is 0 Å². The smallest absolute Gasteiger partial charge is 0.332 e. The third-order valence-corrected chi connectivity index (χ3v) is 1.83. The number of hydrogen-bond acceptors (Lipinski definition) is 2. The van der Waals surface area contributed by atoms with Gasteiger partial charge in [-0.15, -0.1) is 0 Å². The molecule has 1 saturated carbocycles. The fourth-order valence-corrected chi connectivity index (χ4v) is 0.974. The minimum Gasteiger partial charge on any atom is -0.479 e. The first-order valence-electron chi connectivity index (χ1n) is 3.04. The van der Waals surface area contributed by atoms with Gasteiger partial charge in [-0.05, 0) is 18.3 Å². The Hall–Kier alpha value is -0.570. The van der Waals surface area contributed by atoms with Gasteiger partial charge in [0.1, 0.15) is 0 Å². The molecule has 0 aliphatic heterocycles. The summed E-state index contributed by atoms with van der Waals surface area (Å²) < 4.78 is 0. The maximum Gasteiger partial charge on any atom is 0.332 e. The summed E-state index contributed by atoms with van der Waals surface area (Å²) in [5.74, 6) is -0.678. The largest absolute Gasteiger partial charge is 0.479 e. The van der Waals surface area contributed by atoms with Crippen LogP contribution in [0.1, 0.15) is 13.3 Å². The summed E-state index contributed by atoms with van der Waals surface area (Å²) in [5, 5.41) is 17.1. The quantitative estimate of drug-likeness (QED) is 0.557. The van der Waals surface area contributed by atoms with E-state index in [4.69, 9.17) is 10.2 Å². The topological polar surface area (TPSA) is 57.5 Å². The van der Waals surface area contributed by atoms with Crippen LogP contribution in [0.5, 0.6) is 0 Å². The number of rotatable bonds is 2. The molecule has 0 aromatic heterocycles. The summed E-state index contributed by atoms with van der Waals surface area (Å²) in [6.07, 6.45) is -0.270. The number of aliphatic carboxylic acids is 1. The van der Waals surface area contributed by atoms with Crippen molar-refractivity contribution in [2.45, 2.75) is 19.4 Å². The Labute approximate surface area is 53.3 Å². The van der Waals surface area contributed by atoms with Crippen molar-refractivity contribution in [2.24, 2.45) is 11.8 Å². The molecule has 1 aliphatic carbocycles. The molecular formula is C6H10O3. The molecule has 2 N–H and O–H groups in total. The molecule has 0 bridgehead atoms. The van der Waals surface area contributed by atoms with Crippen LogP contribution in [0.25, 0.3) is 0 Å². The van der Waals surface area contributed by atoms with Crippen LogP contribution in [-0.4, -0.2) is 22.3 Å². The lowest BCUT2D eigenvalue weighted by molar-refractivity contribution is -0.147. The minimum absolute atomic E-state index is 0.0162. The molecule has 0 saturated heterocycles. The maximum atomic E-state index is 10.1. The number of aliphatic hydroxyl groups is 1. The highest BCUT2D eigenvalue weighted by molar-refractivity contribution is 5.72. The van der Waals surface area contributed by atoms with Gasteiger partial charge in [0.2, 0.25) is 0 Å². The Kier molecular flexibility index (Phi) is 1.45. The zero-order valence-electron chi connectivity index (χ0n) is 5.24. The van der Waals surface area contributed by atoms with Crippen LogP contribution in [-0.2, 0) is 4.79 Å². The van der Waals surface area contributed by atoms with Gasteiger partial charge < -0.3 is 10.2 Å². The van der Waals surface area contributed by atoms with Crippen LogP contribution in [0.4, 0.5) is 0 Å². The zero-order valence-corrected chi connectivity index (χ0v) is 5.24. The van der Waals surface area contributed by atoms with Gasteiger partial charge in [0, 0.05) is 0 Å². The van der Waals surface area contributed by atoms with E-state index in [1.165, 1.54) is 0 Å². The Morgan fingerprint density at radius 2 is 2.22 bits per heavy atom. The van der Waals surface area contributed by atoms with Crippen molar-refractivity contribution in [2.75, 3.05) is 0 Å². The molecule has 3 nitrogen and oxygen atoms in total. The van der Waals surface area contributed by atoms with Crippen LogP contribution < -0.4 is 0 Å². The number of hydrogen-bond donors (Lipinski definition) is 2. The SMILES string of the molecule is CC1CC1C(O)C(=O)O. The van der Waals surface area contributed by atoms with E-state index in [1.807, 2.05) is 6.92 Å². The number of aliphatic hydroxyl groups excluding tert-OH is 1. The molecule has 1 fully saturated rings. The van der Waals surface area contributed by atoms with E-state index in [2.05, 4.69) is 0 Å². The first-order chi connectivity index (χ1) is 4.13. The monoisotopic (exact) mass is 130 g/mol. The van der Waals surface area contributed by atoms with E-state index < -0.39 is 12.1 Å². The number of carboxylic acid groups (broad SMARTS) is 1. The summed E-state index contributed by atoms with van der Waals surface area (Å²) in [4.78, 5) is 10.1. The average molecular weight is 130 g/mol. The highest BCUT2D eigenvalue weighted by Gasteiger charge is 2.42. The molecule has 3 atom stereocenters. The first kappa shape index (κ1) is 6.55. The lowest BCUT2D eigenvalue weighted by Gasteiger charge is -2.00. The third kappa shape index (κ3) is 1.21. The van der Waals surface area contributed by atoms with Crippen molar-refractivity contribution in [3.8, 4) is 0 Å². The summed E-state index contributed by atoms with van der Waals surface area (Å²) in [6.45, 7) is 1.94. The number of carbonyl (C=O) groups is 1. The molecule has 0 radical (unpaired) electrons. The van der Waals surface area contributed by atoms with Crippen LogP contribution in [0.2, 0.25) is 0 Å². The molecule has 0 spiro atoms. The van der Waals surface area contributed by atoms with Gasteiger partial charge in [0.25, 0.3) is 0 Å². The van der Waals surface area contributed by atoms with E-state index in [9.17, 15) is 4.79 Å². The molecule has 0 heterocycles. The summed E-state index contributed by atoms with van der Waals surface area (Å²) in [6, 6.07) is 0. The average Bonchev–Trinajstić information content (AvgIpc) is 2.44. The molecular weight excluding hydrogens is 120 g/mol. The van der Waals surface area contributed by atoms with Crippen LogP contribution in [0.15, 0.2) is 0 Å². The van der Waals surface area contributed by atoms with Gasteiger partial charge in [-0.25, -0.2) is 4.79 Å². The lowest BCUT2D eigenvalue weighted by atomic mass is 10.2. The maximum absolute atomic E-state index is 10.1. The lowest BCUT2D eigenvalue weighted by Crippen LogP contribution is -2.22. The van der Waals surface area contributed by atoms with Crippen LogP contribution in [0.3, 0.4) is 0 Å². The molecule has 52 valence electrons. The zero-order chi connectivity index (χ0) is 7.02. The summed E-state index contributed by atoms with van der Waals surface area (Å²) >= 11 is 0. The van der Waals surface area contributed by atoms with Crippen molar-refractivity contribution in [1.82, 2.24) is 0 Å². The van der Waals surface area contributed by atoms with Gasteiger partial charge >= 0.3 is 5.97 Å². The molecule has 0 amide bonds. The van der Waals surface area contributed by atoms with Crippen LogP contribution in [0, 0.1) is 11.8 Å². The number of carboxylic acids is 1. The second-order valence-corrected chi connectivity index (χ2v) is 2.66. The summed E-state index contributed by atoms with van der Waals surface area (Å²) in [7, 11) is 0. The van der Waals surface area contributed by atoms with Gasteiger partial charge in [0.15, 0.2) is 6.10 Å². The second-order valence-electron chi connectivity index (χ2n) is 2.66. The van der Waals surface area contributed by atoms with Crippen molar-refractivity contribution in [1.29, 1.82) is 0 Å². The van der Waals surface area contributed by atoms with Crippen molar-refractivity contribution in [3.63, 3.8) is 0 Å². The molecule has 0 aromatic rings. The second kappa shape index (κ2) is 1.99. The predicted octanol–water partition coefficient (Wildman–Crippen LogP) is 0.0879. The third-order valence-electron chi connectivity index (χ3n) is 1.83. The molecule has 1 aliphatic rings. The fourth-order valence-electron chi connectivity index (χ4n) is 0.974. The molecule has 9 heavy (non-hydrogen) atoms. The standard InChI is InChI=1S/C6H10O3/c1-3-2-4(3)5(7)6(8)9/h3-5,7H,2H2,1H3,(H,8,9). The van der Waals surface area contributed by atoms with Gasteiger partial charge in [-0.3, -0.25) is 0 Å². The van der Waals surface area contributed by atoms with E-state index in [0.29, 0.717) is 5.92 Å². The van der Waals surface area contributed by atoms with Gasteiger partial charge in [-0.2, -0.15) is 0 Å². The Morgan fingerprint density at radius 3 is 2.33 bits per heavy atom. The minimum atomic E-state index is -1.13. The molecule has 3 heteroatoms. The van der Waals surface area contributed by atoms with E-state index >= 15 is 0 Å². The Bertz CT molecular complexity index is 132. The molecule has 0 aromatic carbocycles. The van der Waals surface area contributed by atoms with Crippen molar-refractivity contribution >= 4 is 5.97 Å². The summed E-state index contributed by atoms with van der Waals surface area (Å²) in [5.41, 5.74) is 0. The highest BCUT2D eigenvalue weighted by Crippen LogP contribution is 2.40. The molecule has 1 rings (SSSR count). The van der Waals surface area contributed by atoms with Gasteiger partial charge in [-0.1, -0.05) is 6.92 Å². The Morgan fingerprint density at radius 1 is 1.78 bits per heavy atom. The first-order valence-corrected chi connectivity index (χ1v) is 3.04. The van der Waals surface area contributed by atoms with E-state index in [0.717, 1.165) is 6.42 Å². The highest BCUT2D eigenvalue weighted by atomic mass is 16.4.